The van der Waals surface area contributed by atoms with Gasteiger partial charge in [0, 0.05) is 11.6 Å². The molecule has 0 atom stereocenters. The van der Waals surface area contributed by atoms with Crippen molar-refractivity contribution in [1.29, 1.82) is 0 Å². The van der Waals surface area contributed by atoms with Crippen LogP contribution in [-0.4, -0.2) is 19.1 Å². The highest BCUT2D eigenvalue weighted by atomic mass is 35.5. The number of unbranched alkanes of at least 4 members (excludes halogenated alkanes) is 1. The number of amides is 1. The van der Waals surface area contributed by atoms with E-state index in [4.69, 9.17) is 16.3 Å². The normalized spacial score (nSPS) is 9.71. The number of hydrogen-bond donors (Lipinski definition) is 1. The predicted octanol–water partition coefficient (Wildman–Crippen LogP) is 2.80. The first-order valence-corrected chi connectivity index (χ1v) is 5.89. The highest BCUT2D eigenvalue weighted by Crippen LogP contribution is 2.15. The van der Waals surface area contributed by atoms with Gasteiger partial charge in [-0.05, 0) is 43.2 Å². The zero-order valence-corrected chi connectivity index (χ0v) is 10.4. The molecule has 4 heteroatoms. The van der Waals surface area contributed by atoms with Gasteiger partial charge in [-0.15, -0.1) is 0 Å². The summed E-state index contributed by atoms with van der Waals surface area (Å²) in [7, 11) is 0. The van der Waals surface area contributed by atoms with Gasteiger partial charge in [-0.3, -0.25) is 4.79 Å². The lowest BCUT2D eigenvalue weighted by Gasteiger charge is -2.06. The summed E-state index contributed by atoms with van der Waals surface area (Å²) in [5.41, 5.74) is 0. The summed E-state index contributed by atoms with van der Waals surface area (Å²) < 4.78 is 5.50. The molecule has 0 heterocycles. The molecule has 0 unspecified atom stereocenters. The Morgan fingerprint density at radius 2 is 2.06 bits per heavy atom. The third-order valence-corrected chi connectivity index (χ3v) is 2.39. The maximum absolute atomic E-state index is 10.8. The van der Waals surface area contributed by atoms with Crippen molar-refractivity contribution in [2.24, 2.45) is 0 Å². The molecule has 17 heavy (non-hydrogen) atoms. The van der Waals surface area contributed by atoms with Gasteiger partial charge in [-0.1, -0.05) is 18.2 Å². The Morgan fingerprint density at radius 3 is 2.71 bits per heavy atom. The molecular formula is C13H16ClNO2. The molecule has 0 radical (unpaired) electrons. The SMILES string of the molecule is C=CC(=O)NCCCCOc1ccc(Cl)cc1. The van der Waals surface area contributed by atoms with Gasteiger partial charge in [-0.2, -0.15) is 0 Å². The molecule has 1 aromatic rings. The molecular weight excluding hydrogens is 238 g/mol. The minimum Gasteiger partial charge on any atom is -0.494 e. The van der Waals surface area contributed by atoms with Gasteiger partial charge in [0.15, 0.2) is 0 Å². The second-order valence-electron chi connectivity index (χ2n) is 3.50. The van der Waals surface area contributed by atoms with Crippen LogP contribution in [0, 0.1) is 0 Å². The first kappa shape index (κ1) is 13.6. The van der Waals surface area contributed by atoms with Crippen LogP contribution in [0.25, 0.3) is 0 Å². The Kier molecular flexibility index (Phi) is 6.18. The quantitative estimate of drug-likeness (QED) is 0.599. The fraction of sp³-hybridized carbons (Fsp3) is 0.308. The van der Waals surface area contributed by atoms with Gasteiger partial charge in [0.2, 0.25) is 5.91 Å². The summed E-state index contributed by atoms with van der Waals surface area (Å²) in [6.07, 6.45) is 3.04. The van der Waals surface area contributed by atoms with Crippen LogP contribution in [0.15, 0.2) is 36.9 Å². The molecule has 0 fully saturated rings. The number of nitrogens with one attached hydrogen (secondary N) is 1. The number of hydrogen-bond acceptors (Lipinski definition) is 2. The Hall–Kier alpha value is -1.48. The molecule has 0 aliphatic carbocycles. The highest BCUT2D eigenvalue weighted by molar-refractivity contribution is 6.30. The van der Waals surface area contributed by atoms with Crippen molar-refractivity contribution >= 4 is 17.5 Å². The van der Waals surface area contributed by atoms with Crippen molar-refractivity contribution in [1.82, 2.24) is 5.32 Å². The maximum atomic E-state index is 10.8. The van der Waals surface area contributed by atoms with E-state index in [0.717, 1.165) is 18.6 Å². The second-order valence-corrected chi connectivity index (χ2v) is 3.94. The molecule has 92 valence electrons. The molecule has 0 spiro atoms. The van der Waals surface area contributed by atoms with Crippen LogP contribution >= 0.6 is 11.6 Å². The monoisotopic (exact) mass is 253 g/mol. The van der Waals surface area contributed by atoms with E-state index in [1.54, 1.807) is 12.1 Å². The molecule has 1 amide bonds. The third-order valence-electron chi connectivity index (χ3n) is 2.14. The summed E-state index contributed by atoms with van der Waals surface area (Å²) in [4.78, 5) is 10.8. The third kappa shape index (κ3) is 5.97. The van der Waals surface area contributed by atoms with Gasteiger partial charge >= 0.3 is 0 Å². The van der Waals surface area contributed by atoms with Crippen molar-refractivity contribution in [3.63, 3.8) is 0 Å². The van der Waals surface area contributed by atoms with Gasteiger partial charge in [0.25, 0.3) is 0 Å². The lowest BCUT2D eigenvalue weighted by atomic mass is 10.3. The molecule has 0 aromatic heterocycles. The summed E-state index contributed by atoms with van der Waals surface area (Å²) in [6, 6.07) is 7.26. The predicted molar refractivity (Wildman–Crippen MR) is 69.4 cm³/mol. The van der Waals surface area contributed by atoms with E-state index in [0.29, 0.717) is 18.2 Å². The molecule has 0 aliphatic rings. The van der Waals surface area contributed by atoms with E-state index in [-0.39, 0.29) is 5.91 Å². The van der Waals surface area contributed by atoms with Crippen molar-refractivity contribution in [2.45, 2.75) is 12.8 Å². The Bertz CT molecular complexity index is 362. The zero-order valence-electron chi connectivity index (χ0n) is 9.62. The van der Waals surface area contributed by atoms with Crippen LogP contribution < -0.4 is 10.1 Å². The first-order valence-electron chi connectivity index (χ1n) is 5.51. The number of benzene rings is 1. The van der Waals surface area contributed by atoms with E-state index in [1.807, 2.05) is 12.1 Å². The average molecular weight is 254 g/mol. The molecule has 0 bridgehead atoms. The minimum atomic E-state index is -0.136. The molecule has 0 saturated heterocycles. The number of rotatable bonds is 7. The smallest absolute Gasteiger partial charge is 0.243 e. The number of halogens is 1. The first-order chi connectivity index (χ1) is 8.22. The van der Waals surface area contributed by atoms with E-state index in [2.05, 4.69) is 11.9 Å². The molecule has 0 saturated carbocycles. The van der Waals surface area contributed by atoms with Crippen LogP contribution in [0.5, 0.6) is 5.75 Å². The van der Waals surface area contributed by atoms with E-state index in [1.165, 1.54) is 6.08 Å². The summed E-state index contributed by atoms with van der Waals surface area (Å²) in [5, 5.41) is 3.41. The lowest BCUT2D eigenvalue weighted by molar-refractivity contribution is -0.116. The van der Waals surface area contributed by atoms with Crippen molar-refractivity contribution < 1.29 is 9.53 Å². The molecule has 3 nitrogen and oxygen atoms in total. The van der Waals surface area contributed by atoms with Gasteiger partial charge in [-0.25, -0.2) is 0 Å². The maximum Gasteiger partial charge on any atom is 0.243 e. The minimum absolute atomic E-state index is 0.136. The average Bonchev–Trinajstić information content (AvgIpc) is 2.35. The van der Waals surface area contributed by atoms with Crippen LogP contribution in [0.2, 0.25) is 5.02 Å². The summed E-state index contributed by atoms with van der Waals surface area (Å²) in [6.45, 7) is 4.65. The molecule has 1 aromatic carbocycles. The van der Waals surface area contributed by atoms with Gasteiger partial charge < -0.3 is 10.1 Å². The fourth-order valence-corrected chi connectivity index (χ4v) is 1.36. The van der Waals surface area contributed by atoms with E-state index >= 15 is 0 Å². The van der Waals surface area contributed by atoms with Crippen LogP contribution in [0.4, 0.5) is 0 Å². The summed E-state index contributed by atoms with van der Waals surface area (Å²) >= 11 is 5.75. The van der Waals surface area contributed by atoms with E-state index < -0.39 is 0 Å². The number of ether oxygens (including phenoxy) is 1. The van der Waals surface area contributed by atoms with Crippen molar-refractivity contribution in [3.05, 3.63) is 41.9 Å². The molecule has 0 aliphatic heterocycles. The van der Waals surface area contributed by atoms with Crippen LogP contribution in [0.3, 0.4) is 0 Å². The standard InChI is InChI=1S/C13H16ClNO2/c1-2-13(16)15-9-3-4-10-17-12-7-5-11(14)6-8-12/h2,5-8H,1,3-4,9-10H2,(H,15,16). The summed E-state index contributed by atoms with van der Waals surface area (Å²) in [5.74, 6) is 0.674. The fourth-order valence-electron chi connectivity index (χ4n) is 1.23. The van der Waals surface area contributed by atoms with Crippen LogP contribution in [-0.2, 0) is 4.79 Å². The van der Waals surface area contributed by atoms with Gasteiger partial charge in [0.1, 0.15) is 5.75 Å². The highest BCUT2D eigenvalue weighted by Gasteiger charge is 1.95. The zero-order chi connectivity index (χ0) is 12.5. The van der Waals surface area contributed by atoms with Crippen molar-refractivity contribution in [3.8, 4) is 5.75 Å². The molecule has 1 N–H and O–H groups in total. The topological polar surface area (TPSA) is 38.3 Å². The van der Waals surface area contributed by atoms with Crippen molar-refractivity contribution in [2.75, 3.05) is 13.2 Å². The number of carbonyl (C=O) groups excluding carboxylic acids is 1. The Balaban J connectivity index is 2.06. The lowest BCUT2D eigenvalue weighted by Crippen LogP contribution is -2.22. The Labute approximate surface area is 106 Å². The van der Waals surface area contributed by atoms with Crippen LogP contribution in [0.1, 0.15) is 12.8 Å². The molecule has 1 rings (SSSR count). The van der Waals surface area contributed by atoms with E-state index in [9.17, 15) is 4.79 Å². The second kappa shape index (κ2) is 7.74. The van der Waals surface area contributed by atoms with Gasteiger partial charge in [0.05, 0.1) is 6.61 Å². The Morgan fingerprint density at radius 1 is 1.35 bits per heavy atom. The largest absolute Gasteiger partial charge is 0.494 e. The number of carbonyl (C=O) groups is 1.